The first-order chi connectivity index (χ1) is 10.1. The van der Waals surface area contributed by atoms with Gasteiger partial charge in [-0.25, -0.2) is 9.78 Å². The number of likely N-dealkylation sites (N-methyl/N-ethyl adjacent to an activating group) is 1. The van der Waals surface area contributed by atoms with E-state index in [2.05, 4.69) is 14.7 Å². The Kier molecular flexibility index (Phi) is 5.33. The average Bonchev–Trinajstić information content (AvgIpc) is 2.94. The number of esters is 1. The number of hydrogen-bond acceptors (Lipinski definition) is 7. The predicted molar refractivity (Wildman–Crippen MR) is 84.6 cm³/mol. The van der Waals surface area contributed by atoms with Gasteiger partial charge in [0.25, 0.3) is 0 Å². The molecule has 0 amide bonds. The second kappa shape index (κ2) is 7.02. The van der Waals surface area contributed by atoms with Crippen LogP contribution in [0.15, 0.2) is 34.7 Å². The van der Waals surface area contributed by atoms with Crippen LogP contribution in [0.5, 0.6) is 0 Å². The summed E-state index contributed by atoms with van der Waals surface area (Å²) in [7, 11) is 3.16. The first kappa shape index (κ1) is 15.9. The Morgan fingerprint density at radius 1 is 1.43 bits per heavy atom. The smallest absolute Gasteiger partial charge is 0.331 e. The Morgan fingerprint density at radius 3 is 2.67 bits per heavy atom. The van der Waals surface area contributed by atoms with E-state index in [9.17, 15) is 4.79 Å². The van der Waals surface area contributed by atoms with Gasteiger partial charge in [0.05, 0.1) is 7.11 Å². The number of ether oxygens (including phenoxy) is 1. The molecule has 1 atom stereocenters. The summed E-state index contributed by atoms with van der Waals surface area (Å²) in [5.41, 5.74) is -0.0339. The van der Waals surface area contributed by atoms with E-state index in [1.165, 1.54) is 30.4 Å². The predicted octanol–water partition coefficient (Wildman–Crippen LogP) is 2.23. The molecule has 1 aromatic carbocycles. The van der Waals surface area contributed by atoms with Crippen molar-refractivity contribution < 1.29 is 9.53 Å². The first-order valence-corrected chi connectivity index (χ1v) is 8.14. The molecule has 0 aliphatic heterocycles. The van der Waals surface area contributed by atoms with E-state index < -0.39 is 5.54 Å². The van der Waals surface area contributed by atoms with Crippen LogP contribution in [0.4, 0.5) is 0 Å². The zero-order valence-electron chi connectivity index (χ0n) is 12.1. The number of nitrogens with one attached hydrogen (secondary N) is 1. The van der Waals surface area contributed by atoms with Crippen molar-refractivity contribution in [2.75, 3.05) is 19.9 Å². The summed E-state index contributed by atoms with van der Waals surface area (Å²) in [4.78, 5) is 16.7. The van der Waals surface area contributed by atoms with Gasteiger partial charge < -0.3 is 10.1 Å². The van der Waals surface area contributed by atoms with E-state index in [-0.39, 0.29) is 5.97 Å². The fourth-order valence-corrected chi connectivity index (χ4v) is 3.87. The molecule has 0 saturated carbocycles. The van der Waals surface area contributed by atoms with Crippen molar-refractivity contribution in [1.29, 1.82) is 0 Å². The molecule has 0 spiro atoms. The van der Waals surface area contributed by atoms with E-state index in [0.717, 1.165) is 15.7 Å². The van der Waals surface area contributed by atoms with Gasteiger partial charge in [0.1, 0.15) is 5.82 Å². The van der Waals surface area contributed by atoms with Gasteiger partial charge in [-0.3, -0.25) is 0 Å². The van der Waals surface area contributed by atoms with E-state index >= 15 is 0 Å². The van der Waals surface area contributed by atoms with Gasteiger partial charge in [0.2, 0.25) is 0 Å². The Labute approximate surface area is 132 Å². The minimum absolute atomic E-state index is 0.315. The van der Waals surface area contributed by atoms with Crippen LogP contribution in [-0.2, 0) is 15.1 Å². The van der Waals surface area contributed by atoms with Gasteiger partial charge in [0.15, 0.2) is 9.88 Å². The fourth-order valence-electron chi connectivity index (χ4n) is 1.98. The molecule has 5 nitrogen and oxygen atoms in total. The third kappa shape index (κ3) is 3.42. The summed E-state index contributed by atoms with van der Waals surface area (Å²) < 4.78 is 10.0. The molecular formula is C14H17N3O2S2. The maximum atomic E-state index is 12.4. The molecule has 0 bridgehead atoms. The van der Waals surface area contributed by atoms with Crippen molar-refractivity contribution in [3.63, 3.8) is 0 Å². The fraction of sp³-hybridized carbons (Fsp3) is 0.357. The highest BCUT2D eigenvalue weighted by Crippen LogP contribution is 2.31. The summed E-state index contributed by atoms with van der Waals surface area (Å²) in [6.07, 6.45) is 0. The average molecular weight is 323 g/mol. The van der Waals surface area contributed by atoms with Crippen LogP contribution in [0, 0.1) is 6.92 Å². The Hall–Kier alpha value is -1.44. The van der Waals surface area contributed by atoms with Gasteiger partial charge in [-0.05, 0) is 31.1 Å². The molecule has 0 saturated heterocycles. The monoisotopic (exact) mass is 323 g/mol. The zero-order chi connectivity index (χ0) is 15.3. The summed E-state index contributed by atoms with van der Waals surface area (Å²) in [5, 5.41) is 3.12. The molecule has 1 N–H and O–H groups in total. The van der Waals surface area contributed by atoms with E-state index in [1.54, 1.807) is 7.05 Å². The number of hydrogen-bond donors (Lipinski definition) is 1. The molecular weight excluding hydrogens is 306 g/mol. The van der Waals surface area contributed by atoms with Gasteiger partial charge >= 0.3 is 5.97 Å². The molecule has 2 rings (SSSR count). The van der Waals surface area contributed by atoms with Crippen LogP contribution in [-0.4, -0.2) is 35.2 Å². The molecule has 0 aliphatic carbocycles. The highest BCUT2D eigenvalue weighted by Gasteiger charge is 2.40. The van der Waals surface area contributed by atoms with Crippen LogP contribution in [0.25, 0.3) is 0 Å². The molecule has 1 unspecified atom stereocenters. The minimum Gasteiger partial charge on any atom is -0.467 e. The molecule has 0 fully saturated rings. The van der Waals surface area contributed by atoms with Gasteiger partial charge in [-0.1, -0.05) is 42.1 Å². The highest BCUT2D eigenvalue weighted by atomic mass is 32.2. The Morgan fingerprint density at radius 2 is 2.14 bits per heavy atom. The van der Waals surface area contributed by atoms with Crippen molar-refractivity contribution in [2.24, 2.45) is 0 Å². The summed E-state index contributed by atoms with van der Waals surface area (Å²) >= 11 is 2.83. The lowest BCUT2D eigenvalue weighted by molar-refractivity contribution is -0.147. The molecule has 21 heavy (non-hydrogen) atoms. The Bertz CT molecular complexity index is 603. The third-order valence-corrected chi connectivity index (χ3v) is 5.24. The number of methoxy groups -OCH3 is 1. The maximum Gasteiger partial charge on any atom is 0.331 e. The van der Waals surface area contributed by atoms with Crippen LogP contribution in [0.1, 0.15) is 11.4 Å². The number of carbonyl (C=O) groups is 1. The first-order valence-electron chi connectivity index (χ1n) is 6.38. The molecule has 1 aromatic heterocycles. The van der Waals surface area contributed by atoms with Crippen LogP contribution in [0.3, 0.4) is 0 Å². The lowest BCUT2D eigenvalue weighted by Crippen LogP contribution is -2.50. The standard InChI is InChI=1S/C14H17N3O2S2/c1-10-16-13(21-17-10)20-9-14(15-2,12(18)19-3)11-7-5-4-6-8-11/h4-8,15H,9H2,1-3H3. The summed E-state index contributed by atoms with van der Waals surface area (Å²) in [5.74, 6) is 0.912. The van der Waals surface area contributed by atoms with E-state index in [1.807, 2.05) is 37.3 Å². The quantitative estimate of drug-likeness (QED) is 0.650. The second-order valence-corrected chi connectivity index (χ2v) is 6.38. The number of aryl methyl sites for hydroxylation is 1. The van der Waals surface area contributed by atoms with Crippen LogP contribution >= 0.6 is 23.3 Å². The molecule has 7 heteroatoms. The normalized spacial score (nSPS) is 13.7. The van der Waals surface area contributed by atoms with Crippen molar-refractivity contribution >= 4 is 29.3 Å². The van der Waals surface area contributed by atoms with Crippen LogP contribution < -0.4 is 5.32 Å². The third-order valence-electron chi connectivity index (χ3n) is 3.15. The summed E-state index contributed by atoms with van der Waals surface area (Å²) in [6, 6.07) is 9.56. The number of aromatic nitrogens is 2. The zero-order valence-corrected chi connectivity index (χ0v) is 13.8. The lowest BCUT2D eigenvalue weighted by atomic mass is 9.92. The number of thioether (sulfide) groups is 1. The largest absolute Gasteiger partial charge is 0.467 e. The lowest BCUT2D eigenvalue weighted by Gasteiger charge is -2.30. The second-order valence-electron chi connectivity index (χ2n) is 4.41. The Balaban J connectivity index is 2.29. The molecule has 2 aromatic rings. The molecule has 0 radical (unpaired) electrons. The van der Waals surface area contributed by atoms with E-state index in [0.29, 0.717) is 5.75 Å². The van der Waals surface area contributed by atoms with Crippen molar-refractivity contribution in [2.45, 2.75) is 16.8 Å². The number of carbonyl (C=O) groups excluding carboxylic acids is 1. The minimum atomic E-state index is -0.903. The van der Waals surface area contributed by atoms with Crippen molar-refractivity contribution in [3.8, 4) is 0 Å². The van der Waals surface area contributed by atoms with Crippen molar-refractivity contribution in [1.82, 2.24) is 14.7 Å². The highest BCUT2D eigenvalue weighted by molar-refractivity contribution is 8.01. The van der Waals surface area contributed by atoms with Crippen LogP contribution in [0.2, 0.25) is 0 Å². The SMILES string of the molecule is CNC(CSc1nc(C)ns1)(C(=O)OC)c1ccccc1. The maximum absolute atomic E-state index is 12.4. The number of benzene rings is 1. The topological polar surface area (TPSA) is 64.1 Å². The van der Waals surface area contributed by atoms with Crippen molar-refractivity contribution in [3.05, 3.63) is 41.7 Å². The van der Waals surface area contributed by atoms with E-state index in [4.69, 9.17) is 4.74 Å². The summed E-state index contributed by atoms with van der Waals surface area (Å²) in [6.45, 7) is 1.85. The van der Waals surface area contributed by atoms with Gasteiger partial charge in [0, 0.05) is 5.75 Å². The van der Waals surface area contributed by atoms with Gasteiger partial charge in [-0.2, -0.15) is 4.37 Å². The van der Waals surface area contributed by atoms with Gasteiger partial charge in [-0.15, -0.1) is 0 Å². The molecule has 1 heterocycles. The molecule has 0 aliphatic rings. The molecule has 112 valence electrons. The number of rotatable bonds is 6. The number of nitrogens with zero attached hydrogens (tertiary/aromatic N) is 2.